The summed E-state index contributed by atoms with van der Waals surface area (Å²) in [5.41, 5.74) is 5.37. The van der Waals surface area contributed by atoms with Crippen LogP contribution in [0, 0.1) is 5.41 Å². The van der Waals surface area contributed by atoms with E-state index >= 15 is 0 Å². The van der Waals surface area contributed by atoms with Crippen LogP contribution in [-0.4, -0.2) is 62.5 Å². The van der Waals surface area contributed by atoms with E-state index in [1.165, 1.54) is 10.6 Å². The van der Waals surface area contributed by atoms with E-state index < -0.39 is 10.0 Å². The highest BCUT2D eigenvalue weighted by Crippen LogP contribution is 2.41. The maximum Gasteiger partial charge on any atom is 0.230 e. The van der Waals surface area contributed by atoms with Crippen LogP contribution in [0.1, 0.15) is 19.3 Å². The van der Waals surface area contributed by atoms with E-state index in [4.69, 9.17) is 5.73 Å². The smallest absolute Gasteiger partial charge is 0.230 e. The Kier molecular flexibility index (Phi) is 3.66. The summed E-state index contributed by atoms with van der Waals surface area (Å²) in [4.78, 5) is 14.1. The molecule has 0 aromatic heterocycles. The highest BCUT2D eigenvalue weighted by atomic mass is 32.2. The summed E-state index contributed by atoms with van der Waals surface area (Å²) < 4.78 is 24.2. The first-order valence-electron chi connectivity index (χ1n) is 6.34. The fraction of sp³-hybridized carbons (Fsp3) is 0.909. The van der Waals surface area contributed by atoms with Crippen LogP contribution in [0.15, 0.2) is 0 Å². The molecule has 1 heterocycles. The van der Waals surface area contributed by atoms with Crippen molar-refractivity contribution in [3.05, 3.63) is 0 Å². The molecule has 2 aliphatic rings. The van der Waals surface area contributed by atoms with Crippen molar-refractivity contribution in [3.63, 3.8) is 0 Å². The van der Waals surface area contributed by atoms with Crippen molar-refractivity contribution in [2.24, 2.45) is 11.1 Å². The highest BCUT2D eigenvalue weighted by Gasteiger charge is 2.45. The van der Waals surface area contributed by atoms with Gasteiger partial charge in [0, 0.05) is 32.7 Å². The lowest BCUT2D eigenvalue weighted by molar-refractivity contribution is -0.147. The molecule has 18 heavy (non-hydrogen) atoms. The van der Waals surface area contributed by atoms with Gasteiger partial charge in [-0.05, 0) is 12.8 Å². The van der Waals surface area contributed by atoms with Crippen molar-refractivity contribution >= 4 is 15.9 Å². The molecule has 6 nitrogen and oxygen atoms in total. The molecule has 104 valence electrons. The Bertz CT molecular complexity index is 417. The molecule has 0 aromatic rings. The van der Waals surface area contributed by atoms with E-state index in [9.17, 15) is 13.2 Å². The van der Waals surface area contributed by atoms with Crippen molar-refractivity contribution in [2.75, 3.05) is 39.0 Å². The zero-order valence-corrected chi connectivity index (χ0v) is 11.6. The molecule has 2 N–H and O–H groups in total. The van der Waals surface area contributed by atoms with E-state index in [1.54, 1.807) is 4.90 Å². The zero-order valence-electron chi connectivity index (χ0n) is 10.8. The number of hydrogen-bond donors (Lipinski definition) is 1. The summed E-state index contributed by atoms with van der Waals surface area (Å²) >= 11 is 0. The second-order valence-electron chi connectivity index (χ2n) is 5.29. The van der Waals surface area contributed by atoms with Crippen molar-refractivity contribution in [2.45, 2.75) is 19.3 Å². The molecule has 0 unspecified atom stereocenters. The summed E-state index contributed by atoms with van der Waals surface area (Å²) in [6.45, 7) is 2.15. The molecule has 1 aliphatic heterocycles. The van der Waals surface area contributed by atoms with E-state index in [1.807, 2.05) is 0 Å². The van der Waals surface area contributed by atoms with Gasteiger partial charge in [-0.15, -0.1) is 0 Å². The standard InChI is InChI=1S/C11H21N3O3S/c1-18(16,17)14-7-5-13(6-8-14)10(15)11(9-12)3-2-4-11/h2-9,12H2,1H3. The summed E-state index contributed by atoms with van der Waals surface area (Å²) in [5.74, 6) is 0.115. The summed E-state index contributed by atoms with van der Waals surface area (Å²) in [6.07, 6.45) is 4.01. The van der Waals surface area contributed by atoms with Crippen LogP contribution >= 0.6 is 0 Å². The van der Waals surface area contributed by atoms with Crippen LogP contribution in [0.5, 0.6) is 0 Å². The molecule has 0 spiro atoms. The Morgan fingerprint density at radius 2 is 1.78 bits per heavy atom. The van der Waals surface area contributed by atoms with Crippen molar-refractivity contribution in [3.8, 4) is 0 Å². The molecular weight excluding hydrogens is 254 g/mol. The third-order valence-electron chi connectivity index (χ3n) is 4.15. The molecule has 1 amide bonds. The second kappa shape index (κ2) is 4.79. The SMILES string of the molecule is CS(=O)(=O)N1CCN(C(=O)C2(CN)CCC2)CC1. The third kappa shape index (κ3) is 2.39. The molecule has 0 radical (unpaired) electrons. The third-order valence-corrected chi connectivity index (χ3v) is 5.45. The molecule has 2 rings (SSSR count). The van der Waals surface area contributed by atoms with Gasteiger partial charge < -0.3 is 10.6 Å². The summed E-state index contributed by atoms with van der Waals surface area (Å²) in [5, 5.41) is 0. The molecule has 1 aliphatic carbocycles. The van der Waals surface area contributed by atoms with Crippen molar-refractivity contribution < 1.29 is 13.2 Å². The van der Waals surface area contributed by atoms with Gasteiger partial charge in [-0.3, -0.25) is 4.79 Å². The Morgan fingerprint density at radius 3 is 2.11 bits per heavy atom. The summed E-state index contributed by atoms with van der Waals surface area (Å²) in [6, 6.07) is 0. The number of carbonyl (C=O) groups is 1. The molecule has 0 bridgehead atoms. The molecule has 2 fully saturated rings. The number of nitrogens with zero attached hydrogens (tertiary/aromatic N) is 2. The molecule has 7 heteroatoms. The fourth-order valence-corrected chi connectivity index (χ4v) is 3.49. The van der Waals surface area contributed by atoms with Crippen LogP contribution < -0.4 is 5.73 Å². The molecule has 0 aromatic carbocycles. The van der Waals surface area contributed by atoms with Crippen LogP contribution in [0.4, 0.5) is 0 Å². The number of rotatable bonds is 3. The minimum Gasteiger partial charge on any atom is -0.340 e. The fourth-order valence-electron chi connectivity index (χ4n) is 2.67. The number of nitrogens with two attached hydrogens (primary N) is 1. The van der Waals surface area contributed by atoms with Gasteiger partial charge in [-0.2, -0.15) is 4.31 Å². The second-order valence-corrected chi connectivity index (χ2v) is 7.27. The van der Waals surface area contributed by atoms with E-state index in [0.29, 0.717) is 32.7 Å². The Hall–Kier alpha value is -0.660. The number of sulfonamides is 1. The highest BCUT2D eigenvalue weighted by molar-refractivity contribution is 7.88. The Balaban J connectivity index is 1.96. The number of carbonyl (C=O) groups excluding carboxylic acids is 1. The van der Waals surface area contributed by atoms with Crippen molar-refractivity contribution in [1.82, 2.24) is 9.21 Å². The van der Waals surface area contributed by atoms with Gasteiger partial charge in [-0.1, -0.05) is 6.42 Å². The van der Waals surface area contributed by atoms with Crippen LogP contribution in [0.3, 0.4) is 0 Å². The van der Waals surface area contributed by atoms with Gasteiger partial charge in [0.2, 0.25) is 15.9 Å². The first-order valence-corrected chi connectivity index (χ1v) is 8.18. The average Bonchev–Trinajstić information content (AvgIpc) is 2.27. The predicted molar refractivity (Wildman–Crippen MR) is 68.3 cm³/mol. The lowest BCUT2D eigenvalue weighted by atomic mass is 9.67. The number of hydrogen-bond acceptors (Lipinski definition) is 4. The molecule has 0 atom stereocenters. The maximum absolute atomic E-state index is 12.4. The van der Waals surface area contributed by atoms with Gasteiger partial charge >= 0.3 is 0 Å². The van der Waals surface area contributed by atoms with Crippen LogP contribution in [0.2, 0.25) is 0 Å². The largest absolute Gasteiger partial charge is 0.340 e. The van der Waals surface area contributed by atoms with E-state index in [-0.39, 0.29) is 11.3 Å². The van der Waals surface area contributed by atoms with Gasteiger partial charge in [0.05, 0.1) is 11.7 Å². The van der Waals surface area contributed by atoms with Crippen molar-refractivity contribution in [1.29, 1.82) is 0 Å². The van der Waals surface area contributed by atoms with Gasteiger partial charge in [0.1, 0.15) is 0 Å². The minimum atomic E-state index is -3.14. The first-order chi connectivity index (χ1) is 8.39. The normalized spacial score (nSPS) is 24.7. The maximum atomic E-state index is 12.4. The number of amides is 1. The topological polar surface area (TPSA) is 83.7 Å². The Labute approximate surface area is 108 Å². The van der Waals surface area contributed by atoms with E-state index in [2.05, 4.69) is 0 Å². The average molecular weight is 275 g/mol. The predicted octanol–water partition coefficient (Wildman–Crippen LogP) is -0.781. The Morgan fingerprint density at radius 1 is 1.22 bits per heavy atom. The van der Waals surface area contributed by atoms with Gasteiger partial charge in [0.15, 0.2) is 0 Å². The van der Waals surface area contributed by atoms with Crippen LogP contribution in [0.25, 0.3) is 0 Å². The van der Waals surface area contributed by atoms with Gasteiger partial charge in [-0.25, -0.2) is 8.42 Å². The minimum absolute atomic E-state index is 0.115. The first kappa shape index (κ1) is 13.8. The lowest BCUT2D eigenvalue weighted by Gasteiger charge is -2.44. The summed E-state index contributed by atoms with van der Waals surface area (Å²) in [7, 11) is -3.14. The zero-order chi connectivity index (χ0) is 13.4. The molecular formula is C11H21N3O3S. The number of piperazine rings is 1. The monoisotopic (exact) mass is 275 g/mol. The molecule has 1 saturated carbocycles. The van der Waals surface area contributed by atoms with Gasteiger partial charge in [0.25, 0.3) is 0 Å². The molecule has 1 saturated heterocycles. The quantitative estimate of drug-likeness (QED) is 0.732. The lowest BCUT2D eigenvalue weighted by Crippen LogP contribution is -2.57. The van der Waals surface area contributed by atoms with Crippen LogP contribution in [-0.2, 0) is 14.8 Å². The van der Waals surface area contributed by atoms with E-state index in [0.717, 1.165) is 19.3 Å².